The summed E-state index contributed by atoms with van der Waals surface area (Å²) < 4.78 is 109. The van der Waals surface area contributed by atoms with Crippen molar-refractivity contribution in [1.29, 1.82) is 5.26 Å². The number of alkyl halides is 5. The molecule has 0 aromatic heterocycles. The lowest BCUT2D eigenvalue weighted by molar-refractivity contribution is -0.137. The highest BCUT2D eigenvalue weighted by Gasteiger charge is 2.34. The second-order valence-electron chi connectivity index (χ2n) is 10.8. The standard InChI is InChI=1S/C32H31F6N3O4S/c1-2-46(43,44)26-12-6-21(7-13-26)28(15-16-39)40-30(42)22-8-14-29(27(33)17-22)41-18-23(5-11-25(41)19-45-31(34)35)20-3-9-24(10-4-20)32(36,37)38/h3-4,6-10,12-14,17,23,25,28,31H,2,5,11,15,18-19H2,1H3,(H,40,42)/t23-,25+,28+/m1/s1. The summed E-state index contributed by atoms with van der Waals surface area (Å²) in [6.07, 6.45) is -3.94. The molecule has 246 valence electrons. The van der Waals surface area contributed by atoms with Crippen molar-refractivity contribution in [1.82, 2.24) is 5.32 Å². The minimum absolute atomic E-state index is 0.00248. The number of sulfone groups is 1. The molecule has 1 N–H and O–H groups in total. The van der Waals surface area contributed by atoms with Crippen LogP contribution in [0.3, 0.4) is 0 Å². The minimum Gasteiger partial charge on any atom is -0.363 e. The van der Waals surface area contributed by atoms with Gasteiger partial charge in [0.2, 0.25) is 0 Å². The van der Waals surface area contributed by atoms with Crippen molar-refractivity contribution in [3.05, 3.63) is 94.8 Å². The molecule has 0 bridgehead atoms. The van der Waals surface area contributed by atoms with Gasteiger partial charge in [0.25, 0.3) is 5.91 Å². The first kappa shape index (κ1) is 34.8. The number of nitriles is 1. The third-order valence-corrected chi connectivity index (χ3v) is 9.72. The summed E-state index contributed by atoms with van der Waals surface area (Å²) in [6, 6.07) is 14.4. The summed E-state index contributed by atoms with van der Waals surface area (Å²) in [5.74, 6) is -1.99. The lowest BCUT2D eigenvalue weighted by Crippen LogP contribution is -2.46. The van der Waals surface area contributed by atoms with Crippen molar-refractivity contribution in [2.75, 3.05) is 23.8 Å². The van der Waals surface area contributed by atoms with Crippen molar-refractivity contribution >= 4 is 21.4 Å². The van der Waals surface area contributed by atoms with Crippen molar-refractivity contribution in [3.63, 3.8) is 0 Å². The molecule has 1 amide bonds. The number of hydrogen-bond donors (Lipinski definition) is 1. The summed E-state index contributed by atoms with van der Waals surface area (Å²) in [5.41, 5.74) is 0.131. The summed E-state index contributed by atoms with van der Waals surface area (Å²) in [4.78, 5) is 14.7. The number of ether oxygens (including phenoxy) is 1. The number of carbonyl (C=O) groups excluding carboxylic acids is 1. The van der Waals surface area contributed by atoms with Gasteiger partial charge in [-0.2, -0.15) is 27.2 Å². The van der Waals surface area contributed by atoms with Crippen LogP contribution in [0.1, 0.15) is 65.2 Å². The Morgan fingerprint density at radius 3 is 2.30 bits per heavy atom. The number of halogens is 6. The number of carbonyl (C=O) groups is 1. The number of nitrogens with one attached hydrogen (secondary N) is 1. The van der Waals surface area contributed by atoms with Crippen LogP contribution in [0.5, 0.6) is 0 Å². The first-order valence-corrected chi connectivity index (χ1v) is 16.0. The lowest BCUT2D eigenvalue weighted by Gasteiger charge is -2.41. The molecule has 0 radical (unpaired) electrons. The number of amides is 1. The first-order chi connectivity index (χ1) is 21.7. The van der Waals surface area contributed by atoms with Crippen LogP contribution >= 0.6 is 0 Å². The smallest absolute Gasteiger partial charge is 0.363 e. The molecule has 0 spiro atoms. The average molecular weight is 668 g/mol. The van der Waals surface area contributed by atoms with Gasteiger partial charge in [-0.15, -0.1) is 0 Å². The Morgan fingerprint density at radius 1 is 1.07 bits per heavy atom. The van der Waals surface area contributed by atoms with Gasteiger partial charge < -0.3 is 15.0 Å². The molecule has 14 heteroatoms. The summed E-state index contributed by atoms with van der Waals surface area (Å²) in [5, 5.41) is 12.0. The highest BCUT2D eigenvalue weighted by molar-refractivity contribution is 7.91. The van der Waals surface area contributed by atoms with Crippen LogP contribution < -0.4 is 10.2 Å². The topological polar surface area (TPSA) is 99.5 Å². The third kappa shape index (κ3) is 8.38. The average Bonchev–Trinajstić information content (AvgIpc) is 3.03. The van der Waals surface area contributed by atoms with Crippen LogP contribution in [-0.4, -0.2) is 45.9 Å². The number of nitrogens with zero attached hydrogens (tertiary/aromatic N) is 2. The van der Waals surface area contributed by atoms with Gasteiger partial charge in [-0.25, -0.2) is 12.8 Å². The van der Waals surface area contributed by atoms with E-state index in [2.05, 4.69) is 10.1 Å². The highest BCUT2D eigenvalue weighted by Crippen LogP contribution is 2.37. The van der Waals surface area contributed by atoms with E-state index in [0.29, 0.717) is 17.5 Å². The number of rotatable bonds is 11. The zero-order valence-corrected chi connectivity index (χ0v) is 25.4. The first-order valence-electron chi connectivity index (χ1n) is 14.4. The fourth-order valence-corrected chi connectivity index (χ4v) is 6.32. The van der Waals surface area contributed by atoms with Crippen molar-refractivity contribution < 1.29 is 44.3 Å². The molecule has 46 heavy (non-hydrogen) atoms. The van der Waals surface area contributed by atoms with Gasteiger partial charge in [0.05, 0.1) is 53.1 Å². The number of benzene rings is 3. The van der Waals surface area contributed by atoms with Crippen molar-refractivity contribution in [3.8, 4) is 6.07 Å². The SMILES string of the molecule is CCS(=O)(=O)c1ccc([C@H](CC#N)NC(=O)c2ccc(N3C[C@H](c4ccc(C(F)(F)F)cc4)CC[C@H]3COC(F)F)c(F)c2)cc1. The monoisotopic (exact) mass is 667 g/mol. The van der Waals surface area contributed by atoms with Gasteiger partial charge in [-0.3, -0.25) is 4.79 Å². The summed E-state index contributed by atoms with van der Waals surface area (Å²) in [6.45, 7) is -1.88. The second kappa shape index (κ2) is 14.6. The molecule has 0 aliphatic carbocycles. The Labute approximate surface area is 262 Å². The molecule has 1 saturated heterocycles. The quantitative estimate of drug-likeness (QED) is 0.221. The van der Waals surface area contributed by atoms with Crippen LogP contribution in [0.4, 0.5) is 32.0 Å². The Kier molecular flexibility index (Phi) is 11.0. The lowest BCUT2D eigenvalue weighted by atomic mass is 9.86. The van der Waals surface area contributed by atoms with E-state index >= 15 is 4.39 Å². The van der Waals surface area contributed by atoms with Crippen LogP contribution in [0.25, 0.3) is 0 Å². The van der Waals surface area contributed by atoms with E-state index in [1.165, 1.54) is 60.4 Å². The molecule has 1 aliphatic rings. The molecule has 0 unspecified atom stereocenters. The predicted molar refractivity (Wildman–Crippen MR) is 158 cm³/mol. The summed E-state index contributed by atoms with van der Waals surface area (Å²) >= 11 is 0. The van der Waals surface area contributed by atoms with E-state index in [-0.39, 0.29) is 47.2 Å². The normalized spacial score (nSPS) is 17.8. The van der Waals surface area contributed by atoms with Gasteiger partial charge in [0, 0.05) is 18.0 Å². The second-order valence-corrected chi connectivity index (χ2v) is 13.1. The van der Waals surface area contributed by atoms with Gasteiger partial charge in [-0.1, -0.05) is 31.2 Å². The molecule has 0 saturated carbocycles. The highest BCUT2D eigenvalue weighted by atomic mass is 32.2. The van der Waals surface area contributed by atoms with Crippen LogP contribution in [-0.2, 0) is 20.8 Å². The molecule has 3 aromatic carbocycles. The molecule has 3 aromatic rings. The van der Waals surface area contributed by atoms with Crippen LogP contribution in [0, 0.1) is 17.1 Å². The summed E-state index contributed by atoms with van der Waals surface area (Å²) in [7, 11) is -3.46. The minimum atomic E-state index is -4.51. The maximum absolute atomic E-state index is 15.6. The van der Waals surface area contributed by atoms with Gasteiger partial charge in [0.1, 0.15) is 5.82 Å². The molecule has 4 rings (SSSR count). The zero-order valence-electron chi connectivity index (χ0n) is 24.6. The Bertz CT molecular complexity index is 1660. The molecule has 3 atom stereocenters. The van der Waals surface area contributed by atoms with Gasteiger partial charge in [-0.05, 0) is 66.4 Å². The van der Waals surface area contributed by atoms with E-state index in [0.717, 1.165) is 18.2 Å². The largest absolute Gasteiger partial charge is 0.416 e. The Balaban J connectivity index is 1.55. The van der Waals surface area contributed by atoms with E-state index in [1.54, 1.807) is 0 Å². The molecule has 1 heterocycles. The molecule has 1 aliphatic heterocycles. The van der Waals surface area contributed by atoms with Crippen molar-refractivity contribution in [2.24, 2.45) is 0 Å². The fraction of sp³-hybridized carbons (Fsp3) is 0.375. The van der Waals surface area contributed by atoms with E-state index < -0.39 is 58.6 Å². The molecule has 1 fully saturated rings. The van der Waals surface area contributed by atoms with Crippen LogP contribution in [0.15, 0.2) is 71.6 Å². The number of anilines is 1. The predicted octanol–water partition coefficient (Wildman–Crippen LogP) is 7.01. The maximum atomic E-state index is 15.6. The van der Waals surface area contributed by atoms with Crippen molar-refractivity contribution in [2.45, 2.75) is 61.9 Å². The zero-order chi connectivity index (χ0) is 33.6. The Morgan fingerprint density at radius 2 is 1.74 bits per heavy atom. The fourth-order valence-electron chi connectivity index (χ4n) is 5.44. The number of hydrogen-bond acceptors (Lipinski definition) is 6. The molecular formula is C32H31F6N3O4S. The molecular weight excluding hydrogens is 636 g/mol. The van der Waals surface area contributed by atoms with E-state index in [4.69, 9.17) is 0 Å². The molecule has 7 nitrogen and oxygen atoms in total. The number of piperidine rings is 1. The Hall–Kier alpha value is -4.09. The third-order valence-electron chi connectivity index (χ3n) is 7.97. The van der Waals surface area contributed by atoms with Crippen LogP contribution in [0.2, 0.25) is 0 Å². The van der Waals surface area contributed by atoms with Gasteiger partial charge in [0.15, 0.2) is 9.84 Å². The van der Waals surface area contributed by atoms with E-state index in [9.17, 15) is 40.4 Å². The van der Waals surface area contributed by atoms with E-state index in [1.807, 2.05) is 6.07 Å². The van der Waals surface area contributed by atoms with Gasteiger partial charge >= 0.3 is 12.8 Å². The maximum Gasteiger partial charge on any atom is 0.416 e.